The van der Waals surface area contributed by atoms with Gasteiger partial charge in [0.2, 0.25) is 0 Å². The topological polar surface area (TPSA) is 71.7 Å². The summed E-state index contributed by atoms with van der Waals surface area (Å²) >= 11 is 0. The van der Waals surface area contributed by atoms with Gasteiger partial charge in [0, 0.05) is 43.7 Å². The Morgan fingerprint density at radius 2 is 1.89 bits per heavy atom. The molecule has 28 heavy (non-hydrogen) atoms. The summed E-state index contributed by atoms with van der Waals surface area (Å²) in [7, 11) is 2.13. The summed E-state index contributed by atoms with van der Waals surface area (Å²) in [6.45, 7) is 4.27. The first kappa shape index (κ1) is 18.2. The first-order valence-corrected chi connectivity index (χ1v) is 9.28. The normalized spacial score (nSPS) is 15.0. The van der Waals surface area contributed by atoms with Crippen LogP contribution in [0.15, 0.2) is 54.7 Å². The van der Waals surface area contributed by atoms with Gasteiger partial charge in [-0.05, 0) is 30.8 Å². The molecule has 2 aromatic carbocycles. The third-order valence-corrected chi connectivity index (χ3v) is 5.06. The predicted molar refractivity (Wildman–Crippen MR) is 109 cm³/mol. The fourth-order valence-corrected chi connectivity index (χ4v) is 3.40. The van der Waals surface area contributed by atoms with E-state index in [9.17, 15) is 10.1 Å². The number of aromatic nitrogens is 1. The van der Waals surface area contributed by atoms with Crippen LogP contribution in [0.5, 0.6) is 5.75 Å². The van der Waals surface area contributed by atoms with E-state index in [1.807, 2.05) is 30.5 Å². The molecule has 0 bridgehead atoms. The van der Waals surface area contributed by atoms with Gasteiger partial charge in [0.05, 0.1) is 22.3 Å². The zero-order valence-electron chi connectivity index (χ0n) is 15.7. The first-order chi connectivity index (χ1) is 13.6. The van der Waals surface area contributed by atoms with Crippen LogP contribution in [-0.2, 0) is 6.61 Å². The number of fused-ring (bicyclic) bond motifs is 1. The molecule has 1 aromatic heterocycles. The molecule has 1 aliphatic heterocycles. The zero-order valence-corrected chi connectivity index (χ0v) is 15.7. The lowest BCUT2D eigenvalue weighted by Crippen LogP contribution is -2.44. The van der Waals surface area contributed by atoms with E-state index in [0.717, 1.165) is 54.1 Å². The zero-order chi connectivity index (χ0) is 19.5. The highest BCUT2D eigenvalue weighted by Gasteiger charge is 2.16. The average Bonchev–Trinajstić information content (AvgIpc) is 2.72. The first-order valence-electron chi connectivity index (χ1n) is 9.28. The maximum Gasteiger partial charge on any atom is 0.269 e. The number of piperazine rings is 1. The third kappa shape index (κ3) is 3.89. The van der Waals surface area contributed by atoms with Gasteiger partial charge in [0.25, 0.3) is 5.69 Å². The van der Waals surface area contributed by atoms with Crippen LogP contribution in [0.2, 0.25) is 0 Å². The maximum atomic E-state index is 11.0. The van der Waals surface area contributed by atoms with Crippen LogP contribution in [0.25, 0.3) is 10.9 Å². The fourth-order valence-electron chi connectivity index (χ4n) is 3.40. The van der Waals surface area contributed by atoms with Crippen molar-refractivity contribution < 1.29 is 9.66 Å². The molecule has 4 rings (SSSR count). The van der Waals surface area contributed by atoms with Crippen molar-refractivity contribution in [1.82, 2.24) is 9.88 Å². The standard InChI is InChI=1S/C21H22N4O3/c1-23-8-10-24(11-9-23)18-13-19-20(22-14-18)6-3-7-21(19)28-15-16-4-2-5-17(12-16)25(26)27/h2-7,12-14H,8-11,15H2,1H3. The van der Waals surface area contributed by atoms with Crippen molar-refractivity contribution >= 4 is 22.3 Å². The van der Waals surface area contributed by atoms with E-state index in [0.29, 0.717) is 0 Å². The smallest absolute Gasteiger partial charge is 0.269 e. The van der Waals surface area contributed by atoms with Crippen LogP contribution in [0.1, 0.15) is 5.56 Å². The van der Waals surface area contributed by atoms with Gasteiger partial charge in [-0.15, -0.1) is 0 Å². The van der Waals surface area contributed by atoms with Crippen molar-refractivity contribution in [2.75, 3.05) is 38.1 Å². The predicted octanol–water partition coefficient (Wildman–Crippen LogP) is 3.47. The van der Waals surface area contributed by atoms with Crippen molar-refractivity contribution in [1.29, 1.82) is 0 Å². The number of rotatable bonds is 5. The van der Waals surface area contributed by atoms with Gasteiger partial charge < -0.3 is 14.5 Å². The highest BCUT2D eigenvalue weighted by atomic mass is 16.6. The van der Waals surface area contributed by atoms with E-state index in [1.54, 1.807) is 12.1 Å². The van der Waals surface area contributed by atoms with E-state index in [4.69, 9.17) is 4.74 Å². The number of nitrogens with zero attached hydrogens (tertiary/aromatic N) is 4. The van der Waals surface area contributed by atoms with Crippen molar-refractivity contribution in [2.45, 2.75) is 6.61 Å². The van der Waals surface area contributed by atoms with Crippen LogP contribution >= 0.6 is 0 Å². The summed E-state index contributed by atoms with van der Waals surface area (Å²) in [6, 6.07) is 14.4. The van der Waals surface area contributed by atoms with Crippen LogP contribution in [0.4, 0.5) is 11.4 Å². The molecule has 1 aliphatic rings. The number of non-ortho nitro benzene ring substituents is 1. The highest BCUT2D eigenvalue weighted by Crippen LogP contribution is 2.29. The van der Waals surface area contributed by atoms with E-state index in [1.165, 1.54) is 6.07 Å². The molecule has 0 aliphatic carbocycles. The number of hydrogen-bond donors (Lipinski definition) is 0. The van der Waals surface area contributed by atoms with Gasteiger partial charge in [-0.1, -0.05) is 18.2 Å². The molecule has 0 unspecified atom stereocenters. The Morgan fingerprint density at radius 1 is 1.11 bits per heavy atom. The van der Waals surface area contributed by atoms with Crippen molar-refractivity contribution in [3.63, 3.8) is 0 Å². The fraction of sp³-hybridized carbons (Fsp3) is 0.286. The summed E-state index contributed by atoms with van der Waals surface area (Å²) in [5.74, 6) is 0.729. The number of likely N-dealkylation sites (N-methyl/N-ethyl adjacent to an activating group) is 1. The number of nitro benzene ring substituents is 1. The monoisotopic (exact) mass is 378 g/mol. The molecule has 1 saturated heterocycles. The van der Waals surface area contributed by atoms with Crippen molar-refractivity contribution in [3.05, 3.63) is 70.4 Å². The van der Waals surface area contributed by atoms with Crippen LogP contribution in [0.3, 0.4) is 0 Å². The molecule has 0 spiro atoms. The minimum Gasteiger partial charge on any atom is -0.488 e. The molecule has 1 fully saturated rings. The number of pyridine rings is 1. The Kier molecular flexibility index (Phi) is 5.08. The quantitative estimate of drug-likeness (QED) is 0.500. The highest BCUT2D eigenvalue weighted by molar-refractivity contribution is 5.87. The van der Waals surface area contributed by atoms with Crippen molar-refractivity contribution in [2.24, 2.45) is 0 Å². The molecule has 2 heterocycles. The Hall–Kier alpha value is -3.19. The number of hydrogen-bond acceptors (Lipinski definition) is 6. The average molecular weight is 378 g/mol. The second-order valence-electron chi connectivity index (χ2n) is 7.02. The SMILES string of the molecule is CN1CCN(c2cnc3cccc(OCc4cccc([N+](=O)[O-])c4)c3c2)CC1. The number of benzene rings is 2. The van der Waals surface area contributed by atoms with Crippen LogP contribution < -0.4 is 9.64 Å². The number of anilines is 1. The number of ether oxygens (including phenoxy) is 1. The largest absolute Gasteiger partial charge is 0.488 e. The lowest BCUT2D eigenvalue weighted by Gasteiger charge is -2.33. The van der Waals surface area contributed by atoms with Gasteiger partial charge in [0.15, 0.2) is 0 Å². The molecule has 0 radical (unpaired) electrons. The van der Waals surface area contributed by atoms with E-state index in [2.05, 4.69) is 27.9 Å². The lowest BCUT2D eigenvalue weighted by atomic mass is 10.1. The number of nitro groups is 1. The van der Waals surface area contributed by atoms with E-state index < -0.39 is 4.92 Å². The lowest BCUT2D eigenvalue weighted by molar-refractivity contribution is -0.384. The van der Waals surface area contributed by atoms with E-state index in [-0.39, 0.29) is 12.3 Å². The van der Waals surface area contributed by atoms with Gasteiger partial charge in [-0.25, -0.2) is 0 Å². The molecule has 144 valence electrons. The molecule has 0 saturated carbocycles. The summed E-state index contributed by atoms with van der Waals surface area (Å²) in [5.41, 5.74) is 2.79. The minimum absolute atomic E-state index is 0.0676. The minimum atomic E-state index is -0.395. The molecular formula is C21H22N4O3. The summed E-state index contributed by atoms with van der Waals surface area (Å²) in [4.78, 5) is 19.8. The molecule has 0 atom stereocenters. The van der Waals surface area contributed by atoms with Crippen LogP contribution in [-0.4, -0.2) is 48.0 Å². The van der Waals surface area contributed by atoms with Gasteiger partial charge in [0.1, 0.15) is 12.4 Å². The molecule has 0 N–H and O–H groups in total. The second kappa shape index (κ2) is 7.82. The Morgan fingerprint density at radius 3 is 2.68 bits per heavy atom. The molecule has 3 aromatic rings. The summed E-state index contributed by atoms with van der Waals surface area (Å²) < 4.78 is 6.01. The van der Waals surface area contributed by atoms with E-state index >= 15 is 0 Å². The second-order valence-corrected chi connectivity index (χ2v) is 7.02. The molecular weight excluding hydrogens is 356 g/mol. The van der Waals surface area contributed by atoms with Crippen molar-refractivity contribution in [3.8, 4) is 5.75 Å². The molecule has 7 nitrogen and oxygen atoms in total. The Bertz CT molecular complexity index is 1000. The summed E-state index contributed by atoms with van der Waals surface area (Å²) in [6.07, 6.45) is 1.91. The Labute approximate surface area is 163 Å². The van der Waals surface area contributed by atoms with Crippen LogP contribution in [0, 0.1) is 10.1 Å². The maximum absolute atomic E-state index is 11.0. The van der Waals surface area contributed by atoms with Gasteiger partial charge in [-0.3, -0.25) is 15.1 Å². The summed E-state index contributed by atoms with van der Waals surface area (Å²) in [5, 5.41) is 11.9. The Balaban J connectivity index is 1.57. The molecule has 7 heteroatoms. The molecule has 0 amide bonds. The third-order valence-electron chi connectivity index (χ3n) is 5.06. The van der Waals surface area contributed by atoms with Gasteiger partial charge in [-0.2, -0.15) is 0 Å². The van der Waals surface area contributed by atoms with Gasteiger partial charge >= 0.3 is 0 Å².